The number of piperazine rings is 1. The molecule has 1 aromatic carbocycles. The molecule has 0 bridgehead atoms. The van der Waals surface area contributed by atoms with Crippen LogP contribution in [-0.2, 0) is 4.74 Å². The van der Waals surface area contributed by atoms with Gasteiger partial charge in [-0.3, -0.25) is 9.69 Å². The zero-order valence-corrected chi connectivity index (χ0v) is 17.3. The largest absolute Gasteiger partial charge is 0.398 e. The van der Waals surface area contributed by atoms with Crippen molar-refractivity contribution in [2.45, 2.75) is 13.8 Å². The van der Waals surface area contributed by atoms with Crippen molar-refractivity contribution in [1.29, 1.82) is 0 Å². The third-order valence-corrected chi connectivity index (χ3v) is 4.96. The Morgan fingerprint density at radius 2 is 1.72 bits per heavy atom. The number of pyridine rings is 1. The van der Waals surface area contributed by atoms with Crippen LogP contribution >= 0.6 is 0 Å². The van der Waals surface area contributed by atoms with Gasteiger partial charge in [0.2, 0.25) is 0 Å². The predicted octanol–water partition coefficient (Wildman–Crippen LogP) is 2.36. The van der Waals surface area contributed by atoms with Crippen molar-refractivity contribution < 1.29 is 9.26 Å². The molecule has 0 aliphatic carbocycles. The van der Waals surface area contributed by atoms with Gasteiger partial charge in [-0.15, -0.1) is 4.74 Å². The van der Waals surface area contributed by atoms with Crippen LogP contribution in [0.3, 0.4) is 0 Å². The van der Waals surface area contributed by atoms with Crippen molar-refractivity contribution in [2.75, 3.05) is 57.1 Å². The molecule has 3 heterocycles. The van der Waals surface area contributed by atoms with Crippen molar-refractivity contribution in [3.63, 3.8) is 0 Å². The summed E-state index contributed by atoms with van der Waals surface area (Å²) in [5.74, 6) is 0. The van der Waals surface area contributed by atoms with E-state index in [-0.39, 0.29) is 11.3 Å². The van der Waals surface area contributed by atoms with Gasteiger partial charge in [-0.2, -0.15) is 0 Å². The standard InChI is InChI=1S/C19H23N5O3.C2H6/c1-26-13-12-22-8-10-23(11-9-22)14-2-4-15(5-3-14)24-19(25)17-16(20)6-7-21-18(17)27-24;1-2/h2-7H,8-13H2,1H3,(H2,20,21);1-2H3. The van der Waals surface area contributed by atoms with Crippen molar-refractivity contribution in [1.82, 2.24) is 14.6 Å². The predicted molar refractivity (Wildman–Crippen MR) is 116 cm³/mol. The van der Waals surface area contributed by atoms with E-state index in [2.05, 4.69) is 14.8 Å². The minimum absolute atomic E-state index is 0.247. The first-order valence-corrected chi connectivity index (χ1v) is 10.0. The minimum atomic E-state index is -0.296. The van der Waals surface area contributed by atoms with Crippen LogP contribution in [0, 0.1) is 0 Å². The van der Waals surface area contributed by atoms with Gasteiger partial charge in [-0.25, -0.2) is 4.98 Å². The molecule has 3 aromatic rings. The number of hydrogen-bond donors (Lipinski definition) is 1. The molecular weight excluding hydrogens is 370 g/mol. The van der Waals surface area contributed by atoms with Gasteiger partial charge in [-0.05, 0) is 30.3 Å². The Hall–Kier alpha value is -2.84. The molecule has 1 aliphatic heterocycles. The number of nitrogens with zero attached hydrogens (tertiary/aromatic N) is 4. The summed E-state index contributed by atoms with van der Waals surface area (Å²) >= 11 is 0. The molecule has 1 fully saturated rings. The first-order chi connectivity index (χ1) is 14.2. The summed E-state index contributed by atoms with van der Waals surface area (Å²) in [7, 11) is 1.73. The van der Waals surface area contributed by atoms with E-state index in [0.717, 1.165) is 45.0 Å². The quantitative estimate of drug-likeness (QED) is 0.704. The highest BCUT2D eigenvalue weighted by molar-refractivity contribution is 5.85. The molecule has 8 nitrogen and oxygen atoms in total. The number of aromatic nitrogens is 2. The molecule has 0 saturated carbocycles. The lowest BCUT2D eigenvalue weighted by molar-refractivity contribution is 0.144. The summed E-state index contributed by atoms with van der Waals surface area (Å²) in [5.41, 5.74) is 7.99. The smallest absolute Gasteiger partial charge is 0.299 e. The van der Waals surface area contributed by atoms with Crippen LogP contribution in [0.1, 0.15) is 13.8 Å². The molecule has 0 radical (unpaired) electrons. The van der Waals surface area contributed by atoms with Crippen LogP contribution < -0.4 is 16.2 Å². The summed E-state index contributed by atoms with van der Waals surface area (Å²) in [6.07, 6.45) is 1.53. The third kappa shape index (κ3) is 4.44. The Balaban J connectivity index is 0.00000117. The number of ether oxygens (including phenoxy) is 1. The molecule has 0 atom stereocenters. The number of nitrogens with two attached hydrogens (primary N) is 1. The number of anilines is 2. The first-order valence-electron chi connectivity index (χ1n) is 10.0. The number of benzene rings is 1. The summed E-state index contributed by atoms with van der Waals surface area (Å²) in [5, 5.41) is 0.314. The Morgan fingerprint density at radius 3 is 2.34 bits per heavy atom. The summed E-state index contributed by atoms with van der Waals surface area (Å²) in [6.45, 7) is 9.69. The molecule has 0 amide bonds. The van der Waals surface area contributed by atoms with Crippen LogP contribution in [0.15, 0.2) is 45.8 Å². The molecule has 29 heavy (non-hydrogen) atoms. The number of fused-ring (bicyclic) bond motifs is 1. The fourth-order valence-corrected chi connectivity index (χ4v) is 3.39. The summed E-state index contributed by atoms with van der Waals surface area (Å²) in [4.78, 5) is 21.4. The molecule has 2 aromatic heterocycles. The minimum Gasteiger partial charge on any atom is -0.398 e. The van der Waals surface area contributed by atoms with Crippen LogP contribution in [0.25, 0.3) is 16.8 Å². The second kappa shape index (κ2) is 9.58. The van der Waals surface area contributed by atoms with E-state index in [9.17, 15) is 4.79 Å². The lowest BCUT2D eigenvalue weighted by Crippen LogP contribution is -2.47. The van der Waals surface area contributed by atoms with Crippen molar-refractivity contribution in [3.8, 4) is 5.69 Å². The first kappa shape index (κ1) is 20.9. The Bertz CT molecular complexity index is 972. The number of nitrogen functional groups attached to an aromatic ring is 1. The van der Waals surface area contributed by atoms with Gasteiger partial charge in [0.15, 0.2) is 0 Å². The van der Waals surface area contributed by atoms with E-state index in [1.165, 1.54) is 10.9 Å². The van der Waals surface area contributed by atoms with Crippen LogP contribution in [0.4, 0.5) is 11.4 Å². The highest BCUT2D eigenvalue weighted by atomic mass is 16.5. The monoisotopic (exact) mass is 399 g/mol. The fourth-order valence-electron chi connectivity index (χ4n) is 3.39. The van der Waals surface area contributed by atoms with E-state index >= 15 is 0 Å². The van der Waals surface area contributed by atoms with Gasteiger partial charge in [0.1, 0.15) is 5.39 Å². The van der Waals surface area contributed by atoms with Gasteiger partial charge in [0.25, 0.3) is 11.3 Å². The van der Waals surface area contributed by atoms with E-state index in [1.807, 2.05) is 38.1 Å². The van der Waals surface area contributed by atoms with E-state index in [1.54, 1.807) is 13.2 Å². The van der Waals surface area contributed by atoms with E-state index in [4.69, 9.17) is 15.0 Å². The third-order valence-electron chi connectivity index (χ3n) is 4.96. The molecular formula is C21H29N5O3. The second-order valence-corrected chi connectivity index (χ2v) is 6.61. The number of rotatable bonds is 5. The average Bonchev–Trinajstić information content (AvgIpc) is 3.12. The fraction of sp³-hybridized carbons (Fsp3) is 0.429. The van der Waals surface area contributed by atoms with E-state index < -0.39 is 0 Å². The maximum absolute atomic E-state index is 12.6. The molecule has 156 valence electrons. The molecule has 1 saturated heterocycles. The highest BCUT2D eigenvalue weighted by Gasteiger charge is 2.18. The molecule has 4 rings (SSSR count). The lowest BCUT2D eigenvalue weighted by atomic mass is 10.2. The van der Waals surface area contributed by atoms with Crippen LogP contribution in [0.5, 0.6) is 0 Å². The maximum atomic E-state index is 12.6. The average molecular weight is 399 g/mol. The highest BCUT2D eigenvalue weighted by Crippen LogP contribution is 2.21. The lowest BCUT2D eigenvalue weighted by Gasteiger charge is -2.36. The topological polar surface area (TPSA) is 89.8 Å². The van der Waals surface area contributed by atoms with Gasteiger partial charge < -0.3 is 19.9 Å². The van der Waals surface area contributed by atoms with Gasteiger partial charge >= 0.3 is 0 Å². The Morgan fingerprint density at radius 1 is 1.07 bits per heavy atom. The number of methoxy groups -OCH3 is 1. The van der Waals surface area contributed by atoms with Crippen LogP contribution in [0.2, 0.25) is 0 Å². The molecule has 1 aliphatic rings. The van der Waals surface area contributed by atoms with Crippen molar-refractivity contribution >= 4 is 22.5 Å². The molecule has 0 spiro atoms. The van der Waals surface area contributed by atoms with Gasteiger partial charge in [0, 0.05) is 51.7 Å². The van der Waals surface area contributed by atoms with Gasteiger partial charge in [-0.1, -0.05) is 13.8 Å². The summed E-state index contributed by atoms with van der Waals surface area (Å²) < 4.78 is 12.0. The van der Waals surface area contributed by atoms with Crippen LogP contribution in [-0.4, -0.2) is 61.1 Å². The zero-order chi connectivity index (χ0) is 20.8. The second-order valence-electron chi connectivity index (χ2n) is 6.61. The normalized spacial score (nSPS) is 14.7. The van der Waals surface area contributed by atoms with Gasteiger partial charge in [0.05, 0.1) is 18.0 Å². The van der Waals surface area contributed by atoms with E-state index in [0.29, 0.717) is 16.8 Å². The molecule has 8 heteroatoms. The molecule has 0 unspecified atom stereocenters. The van der Waals surface area contributed by atoms with Crippen molar-refractivity contribution in [2.24, 2.45) is 0 Å². The SMILES string of the molecule is CC.COCCN1CCN(c2ccc(-n3oc4nccc(N)c4c3=O)cc2)CC1. The Labute approximate surface area is 170 Å². The maximum Gasteiger partial charge on any atom is 0.299 e. The zero-order valence-electron chi connectivity index (χ0n) is 17.3. The summed E-state index contributed by atoms with van der Waals surface area (Å²) in [6, 6.07) is 9.38. The molecule has 2 N–H and O–H groups in total. The van der Waals surface area contributed by atoms with Crippen molar-refractivity contribution in [3.05, 3.63) is 46.9 Å². The Kier molecular flexibility index (Phi) is 6.90. The number of hydrogen-bond acceptors (Lipinski definition) is 7.